The van der Waals surface area contributed by atoms with Gasteiger partial charge in [0.15, 0.2) is 0 Å². The number of hydrogen-bond acceptors (Lipinski definition) is 3. The molecule has 0 bridgehead atoms. The molecule has 18 heavy (non-hydrogen) atoms. The Morgan fingerprint density at radius 3 is 2.72 bits per heavy atom. The van der Waals surface area contributed by atoms with Crippen LogP contribution in [0, 0.1) is 0 Å². The predicted octanol–water partition coefficient (Wildman–Crippen LogP) is 2.38. The van der Waals surface area contributed by atoms with Crippen molar-refractivity contribution < 1.29 is 8.42 Å². The predicted molar refractivity (Wildman–Crippen MR) is 77.5 cm³/mol. The van der Waals surface area contributed by atoms with E-state index in [1.807, 2.05) is 13.8 Å². The van der Waals surface area contributed by atoms with Crippen LogP contribution >= 0.6 is 27.5 Å². The van der Waals surface area contributed by atoms with Crippen LogP contribution in [0.5, 0.6) is 0 Å². The van der Waals surface area contributed by atoms with Gasteiger partial charge in [0.1, 0.15) is 4.90 Å². The Balaban J connectivity index is 2.83. The summed E-state index contributed by atoms with van der Waals surface area (Å²) in [5.41, 5.74) is 0. The lowest BCUT2D eigenvalue weighted by molar-refractivity contribution is 0.536. The van der Waals surface area contributed by atoms with Gasteiger partial charge >= 0.3 is 0 Å². The molecule has 0 saturated carbocycles. The summed E-state index contributed by atoms with van der Waals surface area (Å²) >= 11 is 9.13. The third kappa shape index (κ3) is 4.51. The topological polar surface area (TPSA) is 58.2 Å². The third-order valence-electron chi connectivity index (χ3n) is 2.31. The highest BCUT2D eigenvalue weighted by Gasteiger charge is 2.18. The van der Waals surface area contributed by atoms with Gasteiger partial charge in [0.2, 0.25) is 10.0 Å². The summed E-state index contributed by atoms with van der Waals surface area (Å²) in [6.45, 7) is 4.99. The molecule has 0 aromatic heterocycles. The van der Waals surface area contributed by atoms with Crippen molar-refractivity contribution in [3.05, 3.63) is 27.7 Å². The molecule has 1 rings (SSSR count). The second-order valence-electron chi connectivity index (χ2n) is 3.89. The molecule has 0 radical (unpaired) electrons. The fourth-order valence-electron chi connectivity index (χ4n) is 1.42. The van der Waals surface area contributed by atoms with Crippen LogP contribution in [0.1, 0.15) is 13.8 Å². The summed E-state index contributed by atoms with van der Waals surface area (Å²) < 4.78 is 27.3. The van der Waals surface area contributed by atoms with Gasteiger partial charge in [-0.2, -0.15) is 0 Å². The minimum absolute atomic E-state index is 0.0655. The van der Waals surface area contributed by atoms with E-state index in [0.29, 0.717) is 11.0 Å². The van der Waals surface area contributed by atoms with Gasteiger partial charge in [-0.1, -0.05) is 34.5 Å². The lowest BCUT2D eigenvalue weighted by Crippen LogP contribution is -2.38. The molecule has 1 atom stereocenters. The molecule has 1 aromatic carbocycles. The molecule has 0 saturated heterocycles. The molecule has 0 aliphatic rings. The first-order valence-corrected chi connectivity index (χ1v) is 8.20. The fourth-order valence-corrected chi connectivity index (χ4v) is 3.58. The Bertz CT molecular complexity index is 508. The van der Waals surface area contributed by atoms with Crippen molar-refractivity contribution in [2.45, 2.75) is 24.8 Å². The maximum atomic E-state index is 12.1. The molecule has 102 valence electrons. The molecule has 4 nitrogen and oxygen atoms in total. The zero-order valence-corrected chi connectivity index (χ0v) is 13.4. The lowest BCUT2D eigenvalue weighted by Gasteiger charge is -2.14. The Morgan fingerprint density at radius 2 is 2.11 bits per heavy atom. The van der Waals surface area contributed by atoms with Crippen LogP contribution in [-0.4, -0.2) is 27.5 Å². The molecule has 0 spiro atoms. The Hall–Kier alpha value is -0.140. The van der Waals surface area contributed by atoms with E-state index in [4.69, 9.17) is 11.6 Å². The quantitative estimate of drug-likeness (QED) is 0.824. The first kappa shape index (κ1) is 15.9. The van der Waals surface area contributed by atoms with Crippen LogP contribution in [0.4, 0.5) is 0 Å². The zero-order chi connectivity index (χ0) is 13.8. The molecular weight excluding hydrogens is 340 g/mol. The highest BCUT2D eigenvalue weighted by molar-refractivity contribution is 9.10. The highest BCUT2D eigenvalue weighted by Crippen LogP contribution is 2.24. The third-order valence-corrected chi connectivity index (χ3v) is 4.71. The van der Waals surface area contributed by atoms with E-state index >= 15 is 0 Å². The van der Waals surface area contributed by atoms with Gasteiger partial charge in [0.05, 0.1) is 5.02 Å². The van der Waals surface area contributed by atoms with Crippen LogP contribution in [0.15, 0.2) is 27.6 Å². The first-order chi connectivity index (χ1) is 8.36. The van der Waals surface area contributed by atoms with Crippen LogP contribution in [0.2, 0.25) is 5.02 Å². The summed E-state index contributed by atoms with van der Waals surface area (Å²) in [7, 11) is -3.58. The maximum Gasteiger partial charge on any atom is 0.242 e. The second kappa shape index (κ2) is 6.86. The molecule has 0 unspecified atom stereocenters. The smallest absolute Gasteiger partial charge is 0.242 e. The number of hydrogen-bond donors (Lipinski definition) is 2. The van der Waals surface area contributed by atoms with E-state index < -0.39 is 10.0 Å². The van der Waals surface area contributed by atoms with Gasteiger partial charge in [-0.3, -0.25) is 0 Å². The molecule has 1 aromatic rings. The molecule has 0 aliphatic carbocycles. The van der Waals surface area contributed by atoms with Crippen LogP contribution in [-0.2, 0) is 10.0 Å². The number of benzene rings is 1. The second-order valence-corrected chi connectivity index (χ2v) is 6.94. The summed E-state index contributed by atoms with van der Waals surface area (Å²) in [6, 6.07) is 4.80. The number of sulfonamides is 1. The molecule has 0 aliphatic heterocycles. The van der Waals surface area contributed by atoms with E-state index in [1.54, 1.807) is 12.1 Å². The summed E-state index contributed by atoms with van der Waals surface area (Å²) in [5.74, 6) is 0. The van der Waals surface area contributed by atoms with Crippen LogP contribution < -0.4 is 10.0 Å². The van der Waals surface area contributed by atoms with Gasteiger partial charge in [0.25, 0.3) is 0 Å². The van der Waals surface area contributed by atoms with Crippen molar-refractivity contribution in [1.82, 2.24) is 10.0 Å². The Labute approximate surface area is 121 Å². The van der Waals surface area contributed by atoms with E-state index in [-0.39, 0.29) is 16.0 Å². The number of nitrogens with one attached hydrogen (secondary N) is 2. The van der Waals surface area contributed by atoms with E-state index in [9.17, 15) is 8.42 Å². The van der Waals surface area contributed by atoms with Crippen LogP contribution in [0.3, 0.4) is 0 Å². The standard InChI is InChI=1S/C11H16BrClN2O2S/c1-3-14-8(2)7-15-18(16,17)11-6-9(12)4-5-10(11)13/h4-6,8,14-15H,3,7H2,1-2H3/t8-/m1/s1. The Morgan fingerprint density at radius 1 is 1.44 bits per heavy atom. The molecular formula is C11H16BrClN2O2S. The zero-order valence-electron chi connectivity index (χ0n) is 10.2. The molecule has 7 heteroatoms. The molecule has 0 fully saturated rings. The van der Waals surface area contributed by atoms with Gasteiger partial charge < -0.3 is 5.32 Å². The average molecular weight is 356 g/mol. The normalized spacial score (nSPS) is 13.6. The molecule has 2 N–H and O–H groups in total. The lowest BCUT2D eigenvalue weighted by atomic mass is 10.3. The van der Waals surface area contributed by atoms with E-state index in [0.717, 1.165) is 6.54 Å². The average Bonchev–Trinajstić information content (AvgIpc) is 2.30. The molecule has 0 heterocycles. The van der Waals surface area contributed by atoms with E-state index in [2.05, 4.69) is 26.0 Å². The van der Waals surface area contributed by atoms with Gasteiger partial charge in [0, 0.05) is 17.1 Å². The van der Waals surface area contributed by atoms with Crippen molar-refractivity contribution in [1.29, 1.82) is 0 Å². The van der Waals surface area contributed by atoms with E-state index in [1.165, 1.54) is 6.07 Å². The van der Waals surface area contributed by atoms with Crippen molar-refractivity contribution in [2.75, 3.05) is 13.1 Å². The maximum absolute atomic E-state index is 12.1. The largest absolute Gasteiger partial charge is 0.313 e. The number of likely N-dealkylation sites (N-methyl/N-ethyl adjacent to an activating group) is 1. The van der Waals surface area contributed by atoms with Crippen molar-refractivity contribution in [3.8, 4) is 0 Å². The summed E-state index contributed by atoms with van der Waals surface area (Å²) in [4.78, 5) is 0.0854. The summed E-state index contributed by atoms with van der Waals surface area (Å²) in [6.07, 6.45) is 0. The first-order valence-electron chi connectivity index (χ1n) is 5.55. The fraction of sp³-hybridized carbons (Fsp3) is 0.455. The van der Waals surface area contributed by atoms with Gasteiger partial charge in [-0.05, 0) is 31.7 Å². The summed E-state index contributed by atoms with van der Waals surface area (Å²) in [5, 5.41) is 3.34. The van der Waals surface area contributed by atoms with Gasteiger partial charge in [-0.15, -0.1) is 0 Å². The minimum atomic E-state index is -3.58. The monoisotopic (exact) mass is 354 g/mol. The van der Waals surface area contributed by atoms with Crippen molar-refractivity contribution in [2.24, 2.45) is 0 Å². The van der Waals surface area contributed by atoms with Crippen molar-refractivity contribution >= 4 is 37.6 Å². The number of halogens is 2. The van der Waals surface area contributed by atoms with Gasteiger partial charge in [-0.25, -0.2) is 13.1 Å². The highest BCUT2D eigenvalue weighted by atomic mass is 79.9. The molecule has 0 amide bonds. The van der Waals surface area contributed by atoms with Crippen molar-refractivity contribution in [3.63, 3.8) is 0 Å². The Kier molecular flexibility index (Phi) is 6.07. The number of rotatable bonds is 6. The minimum Gasteiger partial charge on any atom is -0.313 e. The van der Waals surface area contributed by atoms with Crippen LogP contribution in [0.25, 0.3) is 0 Å². The SMILES string of the molecule is CCN[C@H](C)CNS(=O)(=O)c1cc(Br)ccc1Cl.